The van der Waals surface area contributed by atoms with Crippen LogP contribution in [0, 0.1) is 0 Å². The van der Waals surface area contributed by atoms with E-state index in [2.05, 4.69) is 5.10 Å². The number of nitrogens with zero attached hydrogens (tertiary/aromatic N) is 3. The van der Waals surface area contributed by atoms with Crippen LogP contribution in [-0.4, -0.2) is 45.8 Å². The van der Waals surface area contributed by atoms with Gasteiger partial charge in [0, 0.05) is 18.4 Å². The van der Waals surface area contributed by atoms with E-state index in [0.717, 1.165) is 25.7 Å². The number of esters is 1. The number of hydrogen-bond donors (Lipinski definition) is 0. The zero-order valence-corrected chi connectivity index (χ0v) is 12.5. The van der Waals surface area contributed by atoms with Crippen molar-refractivity contribution in [2.75, 3.05) is 13.2 Å². The average molecular weight is 293 g/mol. The van der Waals surface area contributed by atoms with Gasteiger partial charge in [0.2, 0.25) is 5.91 Å². The summed E-state index contributed by atoms with van der Waals surface area (Å²) in [5.41, 5.74) is 0. The summed E-state index contributed by atoms with van der Waals surface area (Å²) in [5.74, 6) is -0.407. The molecule has 2 rings (SSSR count). The van der Waals surface area contributed by atoms with Crippen LogP contribution in [0.15, 0.2) is 18.5 Å². The Labute approximate surface area is 125 Å². The lowest BCUT2D eigenvalue weighted by Crippen LogP contribution is -2.46. The highest BCUT2D eigenvalue weighted by Crippen LogP contribution is 2.23. The maximum Gasteiger partial charge on any atom is 0.325 e. The number of rotatable bonds is 6. The lowest BCUT2D eigenvalue weighted by molar-refractivity contribution is -0.151. The minimum absolute atomic E-state index is 0.0403. The van der Waals surface area contributed by atoms with E-state index in [-0.39, 0.29) is 31.0 Å². The topological polar surface area (TPSA) is 64.4 Å². The molecule has 1 aromatic heterocycles. The second-order valence-corrected chi connectivity index (χ2v) is 5.32. The summed E-state index contributed by atoms with van der Waals surface area (Å²) >= 11 is 0. The molecule has 0 bridgehead atoms. The van der Waals surface area contributed by atoms with Crippen molar-refractivity contribution in [1.82, 2.24) is 14.7 Å². The van der Waals surface area contributed by atoms with Crippen LogP contribution >= 0.6 is 0 Å². The van der Waals surface area contributed by atoms with Crippen molar-refractivity contribution >= 4 is 11.9 Å². The van der Waals surface area contributed by atoms with Gasteiger partial charge in [0.1, 0.15) is 13.1 Å². The molecular weight excluding hydrogens is 270 g/mol. The van der Waals surface area contributed by atoms with Gasteiger partial charge >= 0.3 is 5.97 Å². The SMILES string of the molecule is CCOC(=O)CN(C(=O)Cn1cccn1)C1CCCCC1. The molecule has 21 heavy (non-hydrogen) atoms. The van der Waals surface area contributed by atoms with Crippen molar-refractivity contribution in [3.05, 3.63) is 18.5 Å². The van der Waals surface area contributed by atoms with Crippen molar-refractivity contribution in [2.24, 2.45) is 0 Å². The molecule has 1 fully saturated rings. The highest BCUT2D eigenvalue weighted by atomic mass is 16.5. The van der Waals surface area contributed by atoms with E-state index >= 15 is 0 Å². The number of aromatic nitrogens is 2. The molecule has 1 heterocycles. The first-order chi connectivity index (χ1) is 10.2. The Morgan fingerprint density at radius 1 is 1.33 bits per heavy atom. The van der Waals surface area contributed by atoms with Crippen LogP contribution in [0.25, 0.3) is 0 Å². The standard InChI is InChI=1S/C15H23N3O3/c1-2-21-15(20)12-18(13-7-4-3-5-8-13)14(19)11-17-10-6-9-16-17/h6,9-10,13H,2-5,7-8,11-12H2,1H3. The molecule has 0 unspecified atom stereocenters. The molecule has 0 atom stereocenters. The summed E-state index contributed by atoms with van der Waals surface area (Å²) in [7, 11) is 0. The predicted octanol–water partition coefficient (Wildman–Crippen LogP) is 1.61. The van der Waals surface area contributed by atoms with Gasteiger partial charge in [0.15, 0.2) is 0 Å². The van der Waals surface area contributed by atoms with Gasteiger partial charge in [-0.05, 0) is 25.8 Å². The zero-order valence-electron chi connectivity index (χ0n) is 12.5. The number of carbonyl (C=O) groups excluding carboxylic acids is 2. The van der Waals surface area contributed by atoms with Crippen LogP contribution < -0.4 is 0 Å². The minimum Gasteiger partial charge on any atom is -0.465 e. The van der Waals surface area contributed by atoms with Crippen molar-refractivity contribution in [3.63, 3.8) is 0 Å². The average Bonchev–Trinajstić information content (AvgIpc) is 2.99. The third-order valence-electron chi connectivity index (χ3n) is 3.80. The number of ether oxygens (including phenoxy) is 1. The molecule has 1 saturated carbocycles. The number of hydrogen-bond acceptors (Lipinski definition) is 4. The molecule has 1 aliphatic rings. The first-order valence-corrected chi connectivity index (χ1v) is 7.63. The van der Waals surface area contributed by atoms with Gasteiger partial charge in [-0.3, -0.25) is 14.3 Å². The highest BCUT2D eigenvalue weighted by Gasteiger charge is 2.27. The fourth-order valence-electron chi connectivity index (χ4n) is 2.78. The third-order valence-corrected chi connectivity index (χ3v) is 3.80. The minimum atomic E-state index is -0.336. The first kappa shape index (κ1) is 15.5. The molecule has 0 radical (unpaired) electrons. The van der Waals surface area contributed by atoms with Gasteiger partial charge in [-0.25, -0.2) is 0 Å². The number of amides is 1. The Morgan fingerprint density at radius 2 is 2.10 bits per heavy atom. The molecule has 0 aromatic carbocycles. The van der Waals surface area contributed by atoms with Crippen LogP contribution in [0.2, 0.25) is 0 Å². The van der Waals surface area contributed by atoms with E-state index in [9.17, 15) is 9.59 Å². The quantitative estimate of drug-likeness (QED) is 0.747. The molecule has 0 aliphatic heterocycles. The molecule has 0 N–H and O–H groups in total. The zero-order chi connectivity index (χ0) is 15.1. The van der Waals surface area contributed by atoms with E-state index in [1.807, 2.05) is 0 Å². The molecular formula is C15H23N3O3. The van der Waals surface area contributed by atoms with Crippen LogP contribution in [0.3, 0.4) is 0 Å². The largest absolute Gasteiger partial charge is 0.465 e. The fourth-order valence-corrected chi connectivity index (χ4v) is 2.78. The highest BCUT2D eigenvalue weighted by molar-refractivity contribution is 5.82. The maximum absolute atomic E-state index is 12.5. The van der Waals surface area contributed by atoms with Gasteiger partial charge < -0.3 is 9.64 Å². The second kappa shape index (κ2) is 7.81. The fraction of sp³-hybridized carbons (Fsp3) is 0.667. The van der Waals surface area contributed by atoms with Crippen molar-refractivity contribution in [2.45, 2.75) is 51.6 Å². The molecule has 0 saturated heterocycles. The summed E-state index contributed by atoms with van der Waals surface area (Å²) in [6.07, 6.45) is 8.74. The Bertz CT molecular complexity index is 453. The summed E-state index contributed by atoms with van der Waals surface area (Å²) in [6, 6.07) is 1.93. The molecule has 6 nitrogen and oxygen atoms in total. The lowest BCUT2D eigenvalue weighted by Gasteiger charge is -2.33. The molecule has 0 spiro atoms. The van der Waals surface area contributed by atoms with E-state index in [1.54, 1.807) is 35.0 Å². The van der Waals surface area contributed by atoms with E-state index in [1.165, 1.54) is 6.42 Å². The summed E-state index contributed by atoms with van der Waals surface area (Å²) in [5, 5.41) is 4.05. The van der Waals surface area contributed by atoms with Crippen molar-refractivity contribution < 1.29 is 14.3 Å². The van der Waals surface area contributed by atoms with Crippen molar-refractivity contribution in [1.29, 1.82) is 0 Å². The van der Waals surface area contributed by atoms with Crippen LogP contribution in [0.5, 0.6) is 0 Å². The van der Waals surface area contributed by atoms with Gasteiger partial charge in [-0.15, -0.1) is 0 Å². The normalized spacial score (nSPS) is 15.7. The molecule has 1 aliphatic carbocycles. The number of carbonyl (C=O) groups is 2. The predicted molar refractivity (Wildman–Crippen MR) is 77.4 cm³/mol. The monoisotopic (exact) mass is 293 g/mol. The van der Waals surface area contributed by atoms with E-state index in [0.29, 0.717) is 6.61 Å². The molecule has 1 aromatic rings. The molecule has 6 heteroatoms. The van der Waals surface area contributed by atoms with Crippen LogP contribution in [0.1, 0.15) is 39.0 Å². The van der Waals surface area contributed by atoms with Gasteiger partial charge in [0.05, 0.1) is 6.61 Å². The Balaban J connectivity index is 2.02. The lowest BCUT2D eigenvalue weighted by atomic mass is 9.94. The van der Waals surface area contributed by atoms with Crippen LogP contribution in [0.4, 0.5) is 0 Å². The summed E-state index contributed by atoms with van der Waals surface area (Å²) in [4.78, 5) is 26.0. The maximum atomic E-state index is 12.5. The Hall–Kier alpha value is -1.85. The van der Waals surface area contributed by atoms with Gasteiger partial charge in [-0.2, -0.15) is 5.10 Å². The summed E-state index contributed by atoms with van der Waals surface area (Å²) < 4.78 is 6.58. The van der Waals surface area contributed by atoms with E-state index < -0.39 is 0 Å². The molecule has 1 amide bonds. The Kier molecular flexibility index (Phi) is 5.78. The molecule has 116 valence electrons. The Morgan fingerprint density at radius 3 is 2.71 bits per heavy atom. The van der Waals surface area contributed by atoms with Crippen molar-refractivity contribution in [3.8, 4) is 0 Å². The van der Waals surface area contributed by atoms with E-state index in [4.69, 9.17) is 4.74 Å². The third kappa shape index (κ3) is 4.58. The van der Waals surface area contributed by atoms with Gasteiger partial charge in [0.25, 0.3) is 0 Å². The van der Waals surface area contributed by atoms with Gasteiger partial charge in [-0.1, -0.05) is 19.3 Å². The smallest absolute Gasteiger partial charge is 0.325 e. The second-order valence-electron chi connectivity index (χ2n) is 5.32. The van der Waals surface area contributed by atoms with Crippen LogP contribution in [-0.2, 0) is 20.9 Å². The first-order valence-electron chi connectivity index (χ1n) is 7.63. The summed E-state index contributed by atoms with van der Waals surface area (Å²) in [6.45, 7) is 2.32.